The van der Waals surface area contributed by atoms with Gasteiger partial charge in [-0.05, 0) is 50.1 Å². The third-order valence-corrected chi connectivity index (χ3v) is 7.17. The molecule has 0 amide bonds. The second kappa shape index (κ2) is 6.65. The van der Waals surface area contributed by atoms with Crippen molar-refractivity contribution in [1.82, 2.24) is 14.3 Å². The lowest BCUT2D eigenvalue weighted by molar-refractivity contribution is 0.383. The molecule has 6 nitrogen and oxygen atoms in total. The molecular weight excluding hydrogens is 360 g/mol. The number of piperazine rings is 1. The number of benzene rings is 2. The third-order valence-electron chi connectivity index (χ3n) is 5.11. The Balaban J connectivity index is 1.52. The topological polar surface area (TPSA) is 69.3 Å². The number of hydrogen-bond donors (Lipinski definition) is 1. The Hall–Kier alpha value is -2.38. The van der Waals surface area contributed by atoms with Crippen LogP contribution in [0.5, 0.6) is 0 Å². The predicted octanol–water partition coefficient (Wildman–Crippen LogP) is 3.00. The van der Waals surface area contributed by atoms with Gasteiger partial charge in [0.15, 0.2) is 0 Å². The van der Waals surface area contributed by atoms with E-state index in [-0.39, 0.29) is 0 Å². The van der Waals surface area contributed by atoms with Gasteiger partial charge < -0.3 is 9.88 Å². The first-order valence-electron chi connectivity index (χ1n) is 9.13. The fourth-order valence-electron chi connectivity index (χ4n) is 3.63. The Morgan fingerprint density at radius 3 is 2.30 bits per heavy atom. The third kappa shape index (κ3) is 3.33. The average molecular weight is 385 g/mol. The molecule has 142 valence electrons. The number of aromatic nitrogens is 2. The van der Waals surface area contributed by atoms with Crippen molar-refractivity contribution in [3.05, 3.63) is 53.1 Å². The summed E-state index contributed by atoms with van der Waals surface area (Å²) < 4.78 is 27.6. The molecule has 0 bridgehead atoms. The number of sulfonamides is 1. The van der Waals surface area contributed by atoms with Gasteiger partial charge in [0.25, 0.3) is 0 Å². The number of anilines is 1. The van der Waals surface area contributed by atoms with E-state index in [1.807, 2.05) is 38.1 Å². The zero-order valence-electron chi connectivity index (χ0n) is 15.9. The van der Waals surface area contributed by atoms with Crippen molar-refractivity contribution in [3.63, 3.8) is 0 Å². The summed E-state index contributed by atoms with van der Waals surface area (Å²) in [6.07, 6.45) is 0. The maximum Gasteiger partial charge on any atom is 0.243 e. The van der Waals surface area contributed by atoms with Crippen molar-refractivity contribution in [1.29, 1.82) is 0 Å². The van der Waals surface area contributed by atoms with Crippen LogP contribution in [0.25, 0.3) is 11.0 Å². The zero-order chi connectivity index (χ0) is 19.2. The Bertz CT molecular complexity index is 1100. The van der Waals surface area contributed by atoms with E-state index in [2.05, 4.69) is 27.9 Å². The standard InChI is InChI=1S/C20H24N4O2S/c1-14-5-7-19(16(3)12-14)27(25,26)24-10-8-23(9-11-24)20-21-17-6-4-15(2)13-18(17)22-20/h4-7,12-13H,8-11H2,1-3H3,(H,21,22). The number of rotatable bonds is 3. The molecule has 0 spiro atoms. The summed E-state index contributed by atoms with van der Waals surface area (Å²) in [4.78, 5) is 10.5. The Morgan fingerprint density at radius 1 is 0.926 bits per heavy atom. The minimum absolute atomic E-state index is 0.403. The van der Waals surface area contributed by atoms with Crippen LogP contribution in [0.3, 0.4) is 0 Å². The van der Waals surface area contributed by atoms with Crippen LogP contribution in [-0.4, -0.2) is 48.9 Å². The highest BCUT2D eigenvalue weighted by Gasteiger charge is 2.30. The monoisotopic (exact) mass is 384 g/mol. The molecule has 0 atom stereocenters. The van der Waals surface area contributed by atoms with Crippen LogP contribution in [-0.2, 0) is 10.0 Å². The number of fused-ring (bicyclic) bond motifs is 1. The summed E-state index contributed by atoms with van der Waals surface area (Å²) in [6, 6.07) is 11.6. The Morgan fingerprint density at radius 2 is 1.59 bits per heavy atom. The van der Waals surface area contributed by atoms with Crippen LogP contribution in [0.4, 0.5) is 5.95 Å². The van der Waals surface area contributed by atoms with Gasteiger partial charge in [0.1, 0.15) is 0 Å². The van der Waals surface area contributed by atoms with Gasteiger partial charge in [-0.1, -0.05) is 23.8 Å². The minimum atomic E-state index is -3.47. The first kappa shape index (κ1) is 18.0. The molecule has 2 heterocycles. The van der Waals surface area contributed by atoms with Crippen molar-refractivity contribution >= 4 is 27.0 Å². The van der Waals surface area contributed by atoms with Gasteiger partial charge in [0.2, 0.25) is 16.0 Å². The van der Waals surface area contributed by atoms with E-state index in [4.69, 9.17) is 0 Å². The molecule has 4 rings (SSSR count). The van der Waals surface area contributed by atoms with Gasteiger partial charge in [-0.25, -0.2) is 13.4 Å². The summed E-state index contributed by atoms with van der Waals surface area (Å²) in [5.74, 6) is 0.805. The van der Waals surface area contributed by atoms with E-state index in [0.717, 1.165) is 28.1 Å². The highest BCUT2D eigenvalue weighted by atomic mass is 32.2. The fourth-order valence-corrected chi connectivity index (χ4v) is 5.26. The van der Waals surface area contributed by atoms with Gasteiger partial charge in [-0.15, -0.1) is 0 Å². The van der Waals surface area contributed by atoms with Gasteiger partial charge in [-0.3, -0.25) is 0 Å². The lowest BCUT2D eigenvalue weighted by Gasteiger charge is -2.34. The molecule has 0 radical (unpaired) electrons. The number of nitrogens with zero attached hydrogens (tertiary/aromatic N) is 3. The van der Waals surface area contributed by atoms with E-state index in [1.165, 1.54) is 5.56 Å². The number of H-pyrrole nitrogens is 1. The molecule has 1 fully saturated rings. The number of imidazole rings is 1. The van der Waals surface area contributed by atoms with E-state index in [0.29, 0.717) is 31.1 Å². The van der Waals surface area contributed by atoms with Crippen LogP contribution in [0.2, 0.25) is 0 Å². The lowest BCUT2D eigenvalue weighted by atomic mass is 10.2. The Labute approximate surface area is 159 Å². The van der Waals surface area contributed by atoms with E-state index in [9.17, 15) is 8.42 Å². The zero-order valence-corrected chi connectivity index (χ0v) is 16.7. The first-order chi connectivity index (χ1) is 12.8. The molecule has 3 aromatic rings. The van der Waals surface area contributed by atoms with E-state index in [1.54, 1.807) is 10.4 Å². The van der Waals surface area contributed by atoms with E-state index >= 15 is 0 Å². The summed E-state index contributed by atoms with van der Waals surface area (Å²) in [5, 5.41) is 0. The molecule has 2 aromatic carbocycles. The quantitative estimate of drug-likeness (QED) is 0.754. The number of aryl methyl sites for hydroxylation is 3. The van der Waals surface area contributed by atoms with Gasteiger partial charge >= 0.3 is 0 Å². The van der Waals surface area contributed by atoms with Crippen LogP contribution < -0.4 is 4.90 Å². The fraction of sp³-hybridized carbons (Fsp3) is 0.350. The Kier molecular flexibility index (Phi) is 4.44. The molecular formula is C20H24N4O2S. The molecule has 1 aliphatic heterocycles. The average Bonchev–Trinajstić information content (AvgIpc) is 3.04. The summed E-state index contributed by atoms with van der Waals surface area (Å²) in [7, 11) is -3.47. The largest absolute Gasteiger partial charge is 0.340 e. The number of aromatic amines is 1. The molecule has 1 N–H and O–H groups in total. The van der Waals surface area contributed by atoms with Gasteiger partial charge in [0.05, 0.1) is 15.9 Å². The summed E-state index contributed by atoms with van der Waals surface area (Å²) in [5.41, 5.74) is 4.99. The highest BCUT2D eigenvalue weighted by molar-refractivity contribution is 7.89. The predicted molar refractivity (Wildman–Crippen MR) is 108 cm³/mol. The van der Waals surface area contributed by atoms with Gasteiger partial charge in [-0.2, -0.15) is 4.31 Å². The molecule has 27 heavy (non-hydrogen) atoms. The normalized spacial score (nSPS) is 16.2. The maximum absolute atomic E-state index is 13.0. The smallest absolute Gasteiger partial charge is 0.243 e. The van der Waals surface area contributed by atoms with Crippen molar-refractivity contribution in [2.75, 3.05) is 31.1 Å². The molecule has 1 aromatic heterocycles. The van der Waals surface area contributed by atoms with Crippen LogP contribution >= 0.6 is 0 Å². The number of nitrogens with one attached hydrogen (secondary N) is 1. The highest BCUT2D eigenvalue weighted by Crippen LogP contribution is 2.24. The van der Waals surface area contributed by atoms with Crippen molar-refractivity contribution in [2.45, 2.75) is 25.7 Å². The van der Waals surface area contributed by atoms with Crippen LogP contribution in [0.1, 0.15) is 16.7 Å². The molecule has 7 heteroatoms. The second-order valence-corrected chi connectivity index (χ2v) is 9.15. The molecule has 1 saturated heterocycles. The molecule has 0 aliphatic carbocycles. The van der Waals surface area contributed by atoms with Gasteiger partial charge in [0, 0.05) is 26.2 Å². The maximum atomic E-state index is 13.0. The lowest BCUT2D eigenvalue weighted by Crippen LogP contribution is -2.49. The number of hydrogen-bond acceptors (Lipinski definition) is 4. The van der Waals surface area contributed by atoms with Crippen LogP contribution in [0, 0.1) is 20.8 Å². The molecule has 0 unspecified atom stereocenters. The molecule has 0 saturated carbocycles. The summed E-state index contributed by atoms with van der Waals surface area (Å²) >= 11 is 0. The first-order valence-corrected chi connectivity index (χ1v) is 10.6. The SMILES string of the molecule is Cc1ccc(S(=O)(=O)N2CCN(c3nc4ccc(C)cc4[nH]3)CC2)c(C)c1. The van der Waals surface area contributed by atoms with Crippen molar-refractivity contribution < 1.29 is 8.42 Å². The molecule has 1 aliphatic rings. The van der Waals surface area contributed by atoms with E-state index < -0.39 is 10.0 Å². The summed E-state index contributed by atoms with van der Waals surface area (Å²) in [6.45, 7) is 8.00. The van der Waals surface area contributed by atoms with Crippen molar-refractivity contribution in [2.24, 2.45) is 0 Å². The minimum Gasteiger partial charge on any atom is -0.340 e. The van der Waals surface area contributed by atoms with Crippen LogP contribution in [0.15, 0.2) is 41.3 Å². The van der Waals surface area contributed by atoms with Crippen molar-refractivity contribution in [3.8, 4) is 0 Å². The second-order valence-electron chi connectivity index (χ2n) is 7.24.